The Labute approximate surface area is 146 Å². The lowest BCUT2D eigenvalue weighted by atomic mass is 9.91. The van der Waals surface area contributed by atoms with Crippen LogP contribution in [0.5, 0.6) is 0 Å². The number of piperidine rings is 1. The number of anilines is 1. The fraction of sp³-hybridized carbons (Fsp3) is 0.556. The Morgan fingerprint density at radius 3 is 2.61 bits per heavy atom. The van der Waals surface area contributed by atoms with Gasteiger partial charge in [-0.15, -0.1) is 0 Å². The third-order valence-electron chi connectivity index (χ3n) is 4.17. The molecule has 0 saturated carbocycles. The van der Waals surface area contributed by atoms with Gasteiger partial charge in [0.1, 0.15) is 0 Å². The van der Waals surface area contributed by atoms with Crippen LogP contribution in [0.15, 0.2) is 22.7 Å². The zero-order valence-electron chi connectivity index (χ0n) is 14.3. The summed E-state index contributed by atoms with van der Waals surface area (Å²) in [7, 11) is 0. The molecule has 23 heavy (non-hydrogen) atoms. The standard InChI is InChI=1S/C18H25BrN2O2/c1-12-10-14(19)7-8-15(12)20-16(22)13-6-5-9-21(11-13)17(23)18(2,3)4/h7-8,10,13H,5-6,9,11H2,1-4H3,(H,20,22). The van der Waals surface area contributed by atoms with Crippen LogP contribution >= 0.6 is 15.9 Å². The van der Waals surface area contributed by atoms with Crippen molar-refractivity contribution in [1.29, 1.82) is 0 Å². The molecule has 1 N–H and O–H groups in total. The monoisotopic (exact) mass is 380 g/mol. The van der Waals surface area contributed by atoms with Crippen molar-refractivity contribution in [1.82, 2.24) is 4.90 Å². The summed E-state index contributed by atoms with van der Waals surface area (Å²) in [6.07, 6.45) is 1.70. The first-order valence-electron chi connectivity index (χ1n) is 8.05. The van der Waals surface area contributed by atoms with Gasteiger partial charge < -0.3 is 10.2 Å². The van der Waals surface area contributed by atoms with Crippen LogP contribution in [0.25, 0.3) is 0 Å². The van der Waals surface area contributed by atoms with Crippen LogP contribution in [-0.4, -0.2) is 29.8 Å². The van der Waals surface area contributed by atoms with Crippen molar-refractivity contribution in [3.05, 3.63) is 28.2 Å². The van der Waals surface area contributed by atoms with Crippen molar-refractivity contribution in [2.75, 3.05) is 18.4 Å². The van der Waals surface area contributed by atoms with E-state index in [1.165, 1.54) is 0 Å². The fourth-order valence-corrected chi connectivity index (χ4v) is 3.33. The molecule has 1 aromatic rings. The molecule has 0 spiro atoms. The Morgan fingerprint density at radius 2 is 2.00 bits per heavy atom. The first-order chi connectivity index (χ1) is 10.7. The Balaban J connectivity index is 2.03. The van der Waals surface area contributed by atoms with Gasteiger partial charge in [0.2, 0.25) is 11.8 Å². The van der Waals surface area contributed by atoms with Crippen molar-refractivity contribution in [2.45, 2.75) is 40.5 Å². The second-order valence-corrected chi connectivity index (χ2v) is 8.20. The van der Waals surface area contributed by atoms with Gasteiger partial charge in [0.05, 0.1) is 5.92 Å². The van der Waals surface area contributed by atoms with E-state index in [-0.39, 0.29) is 17.7 Å². The number of carbonyl (C=O) groups excluding carboxylic acids is 2. The molecule has 0 aliphatic carbocycles. The molecule has 4 nitrogen and oxygen atoms in total. The predicted octanol–water partition coefficient (Wildman–Crippen LogP) is 3.98. The van der Waals surface area contributed by atoms with Crippen molar-refractivity contribution in [3.8, 4) is 0 Å². The second-order valence-electron chi connectivity index (χ2n) is 7.29. The highest BCUT2D eigenvalue weighted by Gasteiger charge is 2.33. The minimum absolute atomic E-state index is 0.00170. The molecule has 0 radical (unpaired) electrons. The molecule has 0 bridgehead atoms. The number of hydrogen-bond acceptors (Lipinski definition) is 2. The minimum Gasteiger partial charge on any atom is -0.341 e. The van der Waals surface area contributed by atoms with Crippen LogP contribution in [0.1, 0.15) is 39.2 Å². The van der Waals surface area contributed by atoms with Crippen LogP contribution in [0.3, 0.4) is 0 Å². The first-order valence-corrected chi connectivity index (χ1v) is 8.84. The van der Waals surface area contributed by atoms with E-state index in [1.807, 2.05) is 50.8 Å². The molecule has 126 valence electrons. The van der Waals surface area contributed by atoms with Gasteiger partial charge in [-0.25, -0.2) is 0 Å². The average molecular weight is 381 g/mol. The Bertz CT molecular complexity index is 608. The third-order valence-corrected chi connectivity index (χ3v) is 4.66. The molecule has 2 amide bonds. The highest BCUT2D eigenvalue weighted by molar-refractivity contribution is 9.10. The molecule has 1 fully saturated rings. The summed E-state index contributed by atoms with van der Waals surface area (Å²) in [6, 6.07) is 5.79. The molecule has 0 aromatic heterocycles. The molecule has 1 atom stereocenters. The topological polar surface area (TPSA) is 49.4 Å². The van der Waals surface area contributed by atoms with Crippen LogP contribution < -0.4 is 5.32 Å². The fourth-order valence-electron chi connectivity index (χ4n) is 2.85. The summed E-state index contributed by atoms with van der Waals surface area (Å²) < 4.78 is 0.993. The van der Waals surface area contributed by atoms with Gasteiger partial charge in [0.15, 0.2) is 0 Å². The summed E-state index contributed by atoms with van der Waals surface area (Å²) in [5, 5.41) is 3.01. The molecule has 1 unspecified atom stereocenters. The third kappa shape index (κ3) is 4.56. The average Bonchev–Trinajstić information content (AvgIpc) is 2.48. The molecule has 1 saturated heterocycles. The summed E-state index contributed by atoms with van der Waals surface area (Å²) in [6.45, 7) is 8.99. The van der Waals surface area contributed by atoms with Gasteiger partial charge in [-0.2, -0.15) is 0 Å². The number of nitrogens with zero attached hydrogens (tertiary/aromatic N) is 1. The molecule has 1 aromatic carbocycles. The lowest BCUT2D eigenvalue weighted by molar-refractivity contribution is -0.142. The van der Waals surface area contributed by atoms with E-state index in [0.29, 0.717) is 6.54 Å². The molecular formula is C18H25BrN2O2. The first kappa shape index (κ1) is 18.0. The SMILES string of the molecule is Cc1cc(Br)ccc1NC(=O)C1CCCN(C(=O)C(C)(C)C)C1. The number of aryl methyl sites for hydroxylation is 1. The van der Waals surface area contributed by atoms with Gasteiger partial charge in [0, 0.05) is 28.7 Å². The van der Waals surface area contributed by atoms with E-state index in [4.69, 9.17) is 0 Å². The smallest absolute Gasteiger partial charge is 0.229 e. The normalized spacial score (nSPS) is 18.7. The van der Waals surface area contributed by atoms with Crippen molar-refractivity contribution in [2.24, 2.45) is 11.3 Å². The molecule has 1 aliphatic rings. The zero-order valence-corrected chi connectivity index (χ0v) is 15.9. The number of hydrogen-bond donors (Lipinski definition) is 1. The van der Waals surface area contributed by atoms with E-state index in [9.17, 15) is 9.59 Å². The lowest BCUT2D eigenvalue weighted by Crippen LogP contribution is -2.47. The van der Waals surface area contributed by atoms with E-state index >= 15 is 0 Å². The van der Waals surface area contributed by atoms with E-state index in [1.54, 1.807) is 0 Å². The van der Waals surface area contributed by atoms with E-state index < -0.39 is 5.41 Å². The summed E-state index contributed by atoms with van der Waals surface area (Å²) >= 11 is 3.42. The molecule has 5 heteroatoms. The number of rotatable bonds is 2. The highest BCUT2D eigenvalue weighted by atomic mass is 79.9. The van der Waals surface area contributed by atoms with Gasteiger partial charge in [-0.1, -0.05) is 36.7 Å². The molecule has 2 rings (SSSR count). The lowest BCUT2D eigenvalue weighted by Gasteiger charge is -2.36. The van der Waals surface area contributed by atoms with Crippen molar-refractivity contribution < 1.29 is 9.59 Å². The molecule has 1 heterocycles. The van der Waals surface area contributed by atoms with Crippen LogP contribution in [0.4, 0.5) is 5.69 Å². The van der Waals surface area contributed by atoms with Crippen molar-refractivity contribution >= 4 is 33.4 Å². The number of benzene rings is 1. The summed E-state index contributed by atoms with van der Waals surface area (Å²) in [5.74, 6) is -0.0187. The maximum atomic E-state index is 12.6. The van der Waals surface area contributed by atoms with Gasteiger partial charge in [-0.3, -0.25) is 9.59 Å². The van der Waals surface area contributed by atoms with Crippen molar-refractivity contribution in [3.63, 3.8) is 0 Å². The summed E-state index contributed by atoms with van der Waals surface area (Å²) in [4.78, 5) is 26.8. The predicted molar refractivity (Wildman–Crippen MR) is 96.3 cm³/mol. The number of nitrogens with one attached hydrogen (secondary N) is 1. The second kappa shape index (κ2) is 7.04. The number of halogens is 1. The molecule has 1 aliphatic heterocycles. The largest absolute Gasteiger partial charge is 0.341 e. The van der Waals surface area contributed by atoms with Gasteiger partial charge in [-0.05, 0) is 43.5 Å². The maximum absolute atomic E-state index is 12.6. The minimum atomic E-state index is -0.402. The van der Waals surface area contributed by atoms with Gasteiger partial charge in [0.25, 0.3) is 0 Å². The Kier molecular flexibility index (Phi) is 5.50. The van der Waals surface area contributed by atoms with Crippen LogP contribution in [-0.2, 0) is 9.59 Å². The zero-order chi connectivity index (χ0) is 17.2. The maximum Gasteiger partial charge on any atom is 0.229 e. The van der Waals surface area contributed by atoms with Crippen LogP contribution in [0, 0.1) is 18.3 Å². The number of amides is 2. The highest BCUT2D eigenvalue weighted by Crippen LogP contribution is 2.25. The molecular weight excluding hydrogens is 356 g/mol. The number of carbonyl (C=O) groups is 2. The van der Waals surface area contributed by atoms with E-state index in [0.717, 1.165) is 35.1 Å². The number of likely N-dealkylation sites (tertiary alicyclic amines) is 1. The Hall–Kier alpha value is -1.36. The Morgan fingerprint density at radius 1 is 1.30 bits per heavy atom. The summed E-state index contributed by atoms with van der Waals surface area (Å²) in [5.41, 5.74) is 1.45. The van der Waals surface area contributed by atoms with E-state index in [2.05, 4.69) is 21.2 Å². The van der Waals surface area contributed by atoms with Gasteiger partial charge >= 0.3 is 0 Å². The quantitative estimate of drug-likeness (QED) is 0.843. The van der Waals surface area contributed by atoms with Crippen LogP contribution in [0.2, 0.25) is 0 Å².